The lowest BCUT2D eigenvalue weighted by molar-refractivity contribution is -0.138. The van der Waals surface area contributed by atoms with Crippen LogP contribution in [-0.4, -0.2) is 76.7 Å². The summed E-state index contributed by atoms with van der Waals surface area (Å²) in [5.74, 6) is 0.0405. The highest BCUT2D eigenvalue weighted by atomic mass is 32.2. The van der Waals surface area contributed by atoms with Crippen LogP contribution >= 0.6 is 11.8 Å². The third-order valence-corrected chi connectivity index (χ3v) is 5.26. The number of carboxylic acids is 1. The first kappa shape index (κ1) is 18.8. The quantitative estimate of drug-likeness (QED) is 0.352. The Labute approximate surface area is 152 Å². The number of anilines is 1. The van der Waals surface area contributed by atoms with E-state index in [1.807, 2.05) is 0 Å². The Morgan fingerprint density at radius 3 is 2.85 bits per heavy atom. The highest BCUT2D eigenvalue weighted by Crippen LogP contribution is 2.33. The normalized spacial score (nSPS) is 27.0. The minimum Gasteiger partial charge on any atom is -0.480 e. The monoisotopic (exact) mass is 384 g/mol. The van der Waals surface area contributed by atoms with E-state index in [0.717, 1.165) is 0 Å². The number of carbonyl (C=O) groups is 1. The fourth-order valence-electron chi connectivity index (χ4n) is 2.69. The van der Waals surface area contributed by atoms with Gasteiger partial charge < -0.3 is 31.5 Å². The summed E-state index contributed by atoms with van der Waals surface area (Å²) in [4.78, 5) is 22.8. The smallest absolute Gasteiger partial charge is 0.320 e. The number of aromatic nitrogens is 4. The number of thioether (sulfide) groups is 1. The lowest BCUT2D eigenvalue weighted by Crippen LogP contribution is -2.33. The highest BCUT2D eigenvalue weighted by Gasteiger charge is 2.44. The molecule has 2 aromatic heterocycles. The molecule has 142 valence electrons. The molecule has 1 aliphatic heterocycles. The van der Waals surface area contributed by atoms with Gasteiger partial charge in [0.1, 0.15) is 30.1 Å². The van der Waals surface area contributed by atoms with Crippen LogP contribution in [0.2, 0.25) is 0 Å². The zero-order valence-electron chi connectivity index (χ0n) is 13.7. The Morgan fingerprint density at radius 1 is 1.35 bits per heavy atom. The van der Waals surface area contributed by atoms with E-state index in [4.69, 9.17) is 21.3 Å². The summed E-state index contributed by atoms with van der Waals surface area (Å²) in [5, 5.41) is 29.3. The van der Waals surface area contributed by atoms with E-state index in [2.05, 4.69) is 15.0 Å². The van der Waals surface area contributed by atoms with Crippen molar-refractivity contribution >= 4 is 34.7 Å². The minimum absolute atomic E-state index is 0.212. The molecular weight excluding hydrogens is 364 g/mol. The third-order valence-electron chi connectivity index (χ3n) is 4.17. The number of nitrogens with zero attached hydrogens (tertiary/aromatic N) is 4. The van der Waals surface area contributed by atoms with Crippen LogP contribution in [0.3, 0.4) is 0 Å². The molecule has 7 N–H and O–H groups in total. The molecule has 2 aromatic rings. The zero-order valence-corrected chi connectivity index (χ0v) is 14.5. The Kier molecular flexibility index (Phi) is 5.58. The Morgan fingerprint density at radius 2 is 2.12 bits per heavy atom. The van der Waals surface area contributed by atoms with Crippen molar-refractivity contribution in [2.24, 2.45) is 5.73 Å². The van der Waals surface area contributed by atoms with E-state index in [-0.39, 0.29) is 5.82 Å². The minimum atomic E-state index is -1.17. The summed E-state index contributed by atoms with van der Waals surface area (Å²) in [6.45, 7) is 0. The van der Waals surface area contributed by atoms with Crippen LogP contribution in [0.25, 0.3) is 11.2 Å². The fraction of sp³-hybridized carbons (Fsp3) is 0.571. The van der Waals surface area contributed by atoms with Crippen LogP contribution in [0.4, 0.5) is 5.82 Å². The Hall–Kier alpha value is -1.99. The Bertz CT molecular complexity index is 788. The van der Waals surface area contributed by atoms with Gasteiger partial charge in [0.05, 0.1) is 12.4 Å². The van der Waals surface area contributed by atoms with Crippen LogP contribution in [0.5, 0.6) is 0 Å². The molecule has 5 atom stereocenters. The molecule has 26 heavy (non-hydrogen) atoms. The van der Waals surface area contributed by atoms with Crippen molar-refractivity contribution < 1.29 is 24.9 Å². The number of imidazole rings is 1. The molecule has 1 saturated heterocycles. The molecule has 11 nitrogen and oxygen atoms in total. The van der Waals surface area contributed by atoms with Crippen molar-refractivity contribution in [1.82, 2.24) is 19.5 Å². The van der Waals surface area contributed by atoms with Gasteiger partial charge in [-0.3, -0.25) is 9.36 Å². The predicted molar refractivity (Wildman–Crippen MR) is 93.2 cm³/mol. The van der Waals surface area contributed by atoms with Gasteiger partial charge in [-0.25, -0.2) is 15.0 Å². The first-order valence-electron chi connectivity index (χ1n) is 7.91. The molecule has 0 aromatic carbocycles. The van der Waals surface area contributed by atoms with Crippen molar-refractivity contribution in [3.63, 3.8) is 0 Å². The molecule has 0 spiro atoms. The van der Waals surface area contributed by atoms with E-state index in [1.165, 1.54) is 29.0 Å². The number of ether oxygens (including phenoxy) is 1. The molecule has 3 heterocycles. The van der Waals surface area contributed by atoms with Gasteiger partial charge in [0.2, 0.25) is 0 Å². The SMILES string of the molecule is Nc1ncnc2c1ncn2[C@@H]1O[C@H](CSCC[C@H](N)C(=O)O)[C@H](O)C1O. The molecule has 0 radical (unpaired) electrons. The molecule has 0 aliphatic carbocycles. The number of fused-ring (bicyclic) bond motifs is 1. The molecule has 12 heteroatoms. The molecule has 0 bridgehead atoms. The number of aliphatic hydroxyl groups is 2. The van der Waals surface area contributed by atoms with Gasteiger partial charge in [0.15, 0.2) is 17.7 Å². The van der Waals surface area contributed by atoms with Gasteiger partial charge in [0.25, 0.3) is 0 Å². The average molecular weight is 384 g/mol. The van der Waals surface area contributed by atoms with Gasteiger partial charge in [-0.15, -0.1) is 0 Å². The number of hydrogen-bond acceptors (Lipinski definition) is 10. The molecule has 0 amide bonds. The second kappa shape index (κ2) is 7.72. The lowest BCUT2D eigenvalue weighted by Gasteiger charge is -2.16. The number of rotatable bonds is 7. The van der Waals surface area contributed by atoms with E-state index < -0.39 is 36.6 Å². The maximum absolute atomic E-state index is 10.7. The number of aliphatic carboxylic acids is 1. The summed E-state index contributed by atoms with van der Waals surface area (Å²) in [6, 6.07) is -0.919. The second-order valence-electron chi connectivity index (χ2n) is 5.94. The van der Waals surface area contributed by atoms with Crippen LogP contribution in [-0.2, 0) is 9.53 Å². The van der Waals surface area contributed by atoms with Crippen LogP contribution in [0.1, 0.15) is 12.6 Å². The average Bonchev–Trinajstić information content (AvgIpc) is 3.15. The van der Waals surface area contributed by atoms with Crippen molar-refractivity contribution in [3.8, 4) is 0 Å². The highest BCUT2D eigenvalue weighted by molar-refractivity contribution is 7.99. The van der Waals surface area contributed by atoms with E-state index in [1.54, 1.807) is 0 Å². The zero-order chi connectivity index (χ0) is 18.8. The third kappa shape index (κ3) is 3.59. The topological polar surface area (TPSA) is 183 Å². The fourth-order valence-corrected chi connectivity index (χ4v) is 3.78. The van der Waals surface area contributed by atoms with E-state index in [0.29, 0.717) is 29.1 Å². The van der Waals surface area contributed by atoms with Crippen molar-refractivity contribution in [2.45, 2.75) is 37.0 Å². The maximum atomic E-state index is 10.7. The molecule has 3 rings (SSSR count). The van der Waals surface area contributed by atoms with Gasteiger partial charge in [-0.05, 0) is 12.2 Å². The summed E-state index contributed by atoms with van der Waals surface area (Å²) in [6.07, 6.45) is -0.747. The predicted octanol–water partition coefficient (Wildman–Crippen LogP) is -1.44. The van der Waals surface area contributed by atoms with Crippen LogP contribution in [0, 0.1) is 0 Å². The van der Waals surface area contributed by atoms with Crippen molar-refractivity contribution in [1.29, 1.82) is 0 Å². The van der Waals surface area contributed by atoms with Crippen LogP contribution < -0.4 is 11.5 Å². The van der Waals surface area contributed by atoms with E-state index >= 15 is 0 Å². The molecule has 1 fully saturated rings. The summed E-state index contributed by atoms with van der Waals surface area (Å²) in [5.41, 5.74) is 12.0. The number of aliphatic hydroxyl groups excluding tert-OH is 2. The van der Waals surface area contributed by atoms with Crippen molar-refractivity contribution in [2.75, 3.05) is 17.2 Å². The number of carboxylic acid groups (broad SMARTS) is 1. The second-order valence-corrected chi connectivity index (χ2v) is 7.09. The largest absolute Gasteiger partial charge is 0.480 e. The summed E-state index contributed by atoms with van der Waals surface area (Å²) in [7, 11) is 0. The number of nitrogen functional groups attached to an aromatic ring is 1. The van der Waals surface area contributed by atoms with Gasteiger partial charge in [-0.2, -0.15) is 11.8 Å². The molecule has 0 saturated carbocycles. The van der Waals surface area contributed by atoms with Crippen LogP contribution in [0.15, 0.2) is 12.7 Å². The van der Waals surface area contributed by atoms with Gasteiger partial charge in [0, 0.05) is 5.75 Å². The van der Waals surface area contributed by atoms with Gasteiger partial charge in [-0.1, -0.05) is 0 Å². The van der Waals surface area contributed by atoms with E-state index in [9.17, 15) is 15.0 Å². The standard InChI is InChI=1S/C14H20N6O5S/c15-6(14(23)24)1-2-26-3-7-9(21)10(22)13(25-7)20-5-19-8-11(16)17-4-18-12(8)20/h4-7,9-10,13,21-22H,1-3,15H2,(H,23,24)(H2,16,17,18)/t6-,7+,9-,10?,13+/m0/s1. The maximum Gasteiger partial charge on any atom is 0.320 e. The first-order valence-corrected chi connectivity index (χ1v) is 9.06. The molecule has 1 aliphatic rings. The number of hydrogen-bond donors (Lipinski definition) is 5. The first-order chi connectivity index (χ1) is 12.4. The summed E-state index contributed by atoms with van der Waals surface area (Å²) < 4.78 is 7.29. The van der Waals surface area contributed by atoms with Crippen molar-refractivity contribution in [3.05, 3.63) is 12.7 Å². The van der Waals surface area contributed by atoms with Gasteiger partial charge >= 0.3 is 5.97 Å². The number of nitrogens with two attached hydrogens (primary N) is 2. The Balaban J connectivity index is 1.64. The molecular formula is C14H20N6O5S. The summed E-state index contributed by atoms with van der Waals surface area (Å²) >= 11 is 1.40. The lowest BCUT2D eigenvalue weighted by atomic mass is 10.1. The molecule has 1 unspecified atom stereocenters.